The standard InChI is InChI=1S/C13H22O/c1-10(2)12-9-11(14)5-8-13(12)6-3-4-7-13/h10,12H,3-9H2,1-2H3. The first-order valence-corrected chi connectivity index (χ1v) is 6.16. The Morgan fingerprint density at radius 2 is 1.86 bits per heavy atom. The van der Waals surface area contributed by atoms with Gasteiger partial charge in [0.1, 0.15) is 5.78 Å². The molecule has 1 heteroatoms. The van der Waals surface area contributed by atoms with E-state index in [4.69, 9.17) is 0 Å². The molecule has 0 heterocycles. The van der Waals surface area contributed by atoms with Gasteiger partial charge in [-0.05, 0) is 36.5 Å². The fourth-order valence-electron chi connectivity index (χ4n) is 3.78. The summed E-state index contributed by atoms with van der Waals surface area (Å²) in [7, 11) is 0. The summed E-state index contributed by atoms with van der Waals surface area (Å²) >= 11 is 0. The second-order valence-corrected chi connectivity index (χ2v) is 5.66. The number of carbonyl (C=O) groups is 1. The fourth-order valence-corrected chi connectivity index (χ4v) is 3.78. The maximum atomic E-state index is 11.5. The maximum absolute atomic E-state index is 11.5. The molecule has 0 radical (unpaired) electrons. The van der Waals surface area contributed by atoms with Crippen LogP contribution in [0.15, 0.2) is 0 Å². The van der Waals surface area contributed by atoms with Gasteiger partial charge in [0.15, 0.2) is 0 Å². The smallest absolute Gasteiger partial charge is 0.133 e. The molecule has 0 aromatic rings. The summed E-state index contributed by atoms with van der Waals surface area (Å²) in [6.45, 7) is 4.59. The summed E-state index contributed by atoms with van der Waals surface area (Å²) in [5.74, 6) is 1.89. The van der Waals surface area contributed by atoms with Crippen LogP contribution in [0.4, 0.5) is 0 Å². The molecule has 2 aliphatic rings. The minimum Gasteiger partial charge on any atom is -0.300 e. The molecule has 80 valence electrons. The van der Waals surface area contributed by atoms with Gasteiger partial charge >= 0.3 is 0 Å². The minimum absolute atomic E-state index is 0.515. The Bertz CT molecular complexity index is 223. The summed E-state index contributed by atoms with van der Waals surface area (Å²) in [6, 6.07) is 0. The largest absolute Gasteiger partial charge is 0.300 e. The van der Waals surface area contributed by atoms with Crippen LogP contribution in [0, 0.1) is 17.3 Å². The Morgan fingerprint density at radius 3 is 2.43 bits per heavy atom. The van der Waals surface area contributed by atoms with Gasteiger partial charge in [-0.3, -0.25) is 4.79 Å². The average molecular weight is 194 g/mol. The Morgan fingerprint density at radius 1 is 1.21 bits per heavy atom. The molecule has 0 N–H and O–H groups in total. The van der Waals surface area contributed by atoms with Crippen molar-refractivity contribution in [3.8, 4) is 0 Å². The van der Waals surface area contributed by atoms with E-state index in [2.05, 4.69) is 13.8 Å². The fraction of sp³-hybridized carbons (Fsp3) is 0.923. The lowest BCUT2D eigenvalue weighted by Gasteiger charge is -2.43. The van der Waals surface area contributed by atoms with Crippen LogP contribution in [0.2, 0.25) is 0 Å². The highest BCUT2D eigenvalue weighted by Gasteiger charge is 2.45. The van der Waals surface area contributed by atoms with Gasteiger partial charge in [0.05, 0.1) is 0 Å². The molecule has 0 aliphatic heterocycles. The minimum atomic E-state index is 0.515. The molecule has 1 nitrogen and oxygen atoms in total. The Hall–Kier alpha value is -0.330. The maximum Gasteiger partial charge on any atom is 0.133 e. The van der Waals surface area contributed by atoms with Gasteiger partial charge in [0, 0.05) is 12.8 Å². The van der Waals surface area contributed by atoms with Gasteiger partial charge in [0.2, 0.25) is 0 Å². The second kappa shape index (κ2) is 3.67. The predicted molar refractivity (Wildman–Crippen MR) is 58.1 cm³/mol. The van der Waals surface area contributed by atoms with Gasteiger partial charge in [-0.25, -0.2) is 0 Å². The van der Waals surface area contributed by atoms with Gasteiger partial charge in [-0.2, -0.15) is 0 Å². The van der Waals surface area contributed by atoms with Gasteiger partial charge in [0.25, 0.3) is 0 Å². The zero-order valence-corrected chi connectivity index (χ0v) is 9.51. The van der Waals surface area contributed by atoms with E-state index < -0.39 is 0 Å². The van der Waals surface area contributed by atoms with E-state index in [0.717, 1.165) is 12.8 Å². The number of ketones is 1. The molecular weight excluding hydrogens is 172 g/mol. The van der Waals surface area contributed by atoms with Crippen molar-refractivity contribution in [3.63, 3.8) is 0 Å². The van der Waals surface area contributed by atoms with Crippen molar-refractivity contribution < 1.29 is 4.79 Å². The highest BCUT2D eigenvalue weighted by atomic mass is 16.1. The molecule has 0 aromatic carbocycles. The Labute approximate surface area is 87.3 Å². The number of hydrogen-bond donors (Lipinski definition) is 0. The van der Waals surface area contributed by atoms with Crippen LogP contribution in [0.5, 0.6) is 0 Å². The van der Waals surface area contributed by atoms with Crippen LogP contribution >= 0.6 is 0 Å². The normalized spacial score (nSPS) is 31.6. The molecular formula is C13H22O. The third-order valence-electron chi connectivity index (χ3n) is 4.54. The summed E-state index contributed by atoms with van der Waals surface area (Å²) in [6.07, 6.45) is 8.51. The highest BCUT2D eigenvalue weighted by molar-refractivity contribution is 5.79. The Balaban J connectivity index is 2.17. The number of Topliss-reactive ketones (excluding diaryl/α,β-unsaturated/α-hetero) is 1. The van der Waals surface area contributed by atoms with E-state index in [1.165, 1.54) is 32.1 Å². The van der Waals surface area contributed by atoms with Crippen LogP contribution in [0.25, 0.3) is 0 Å². The van der Waals surface area contributed by atoms with Crippen molar-refractivity contribution in [1.82, 2.24) is 0 Å². The van der Waals surface area contributed by atoms with Gasteiger partial charge < -0.3 is 0 Å². The number of carbonyl (C=O) groups excluding carboxylic acids is 1. The van der Waals surface area contributed by atoms with Crippen LogP contribution in [-0.4, -0.2) is 5.78 Å². The molecule has 2 aliphatic carbocycles. The first-order valence-electron chi connectivity index (χ1n) is 6.16. The third kappa shape index (κ3) is 1.62. The molecule has 2 fully saturated rings. The van der Waals surface area contributed by atoms with E-state index in [-0.39, 0.29) is 0 Å². The topological polar surface area (TPSA) is 17.1 Å². The van der Waals surface area contributed by atoms with E-state index in [1.807, 2.05) is 0 Å². The third-order valence-corrected chi connectivity index (χ3v) is 4.54. The van der Waals surface area contributed by atoms with Crippen molar-refractivity contribution in [2.45, 2.75) is 58.8 Å². The molecule has 0 saturated heterocycles. The zero-order chi connectivity index (χ0) is 10.2. The molecule has 0 aromatic heterocycles. The lowest BCUT2D eigenvalue weighted by Crippen LogP contribution is -2.37. The van der Waals surface area contributed by atoms with Crippen LogP contribution < -0.4 is 0 Å². The highest BCUT2D eigenvalue weighted by Crippen LogP contribution is 2.53. The monoisotopic (exact) mass is 194 g/mol. The van der Waals surface area contributed by atoms with Gasteiger partial charge in [-0.15, -0.1) is 0 Å². The van der Waals surface area contributed by atoms with Crippen molar-refractivity contribution in [2.24, 2.45) is 17.3 Å². The number of hydrogen-bond acceptors (Lipinski definition) is 1. The molecule has 0 bridgehead atoms. The SMILES string of the molecule is CC(C)C1CC(=O)CCC12CCCC2. The van der Waals surface area contributed by atoms with Crippen LogP contribution in [-0.2, 0) is 4.79 Å². The lowest BCUT2D eigenvalue weighted by molar-refractivity contribution is -0.126. The van der Waals surface area contributed by atoms with Crippen molar-refractivity contribution in [3.05, 3.63) is 0 Å². The molecule has 1 unspecified atom stereocenters. The second-order valence-electron chi connectivity index (χ2n) is 5.66. The van der Waals surface area contributed by atoms with Crippen molar-refractivity contribution in [2.75, 3.05) is 0 Å². The molecule has 2 saturated carbocycles. The molecule has 0 amide bonds. The van der Waals surface area contributed by atoms with E-state index in [9.17, 15) is 4.79 Å². The molecule has 1 spiro atoms. The summed E-state index contributed by atoms with van der Waals surface area (Å²) < 4.78 is 0. The average Bonchev–Trinajstić information content (AvgIpc) is 2.59. The predicted octanol–water partition coefficient (Wildman–Crippen LogP) is 3.57. The molecule has 1 atom stereocenters. The molecule has 14 heavy (non-hydrogen) atoms. The van der Waals surface area contributed by atoms with E-state index in [1.54, 1.807) is 0 Å². The first kappa shape index (κ1) is 10.2. The molecule has 2 rings (SSSR count). The van der Waals surface area contributed by atoms with Crippen LogP contribution in [0.1, 0.15) is 58.8 Å². The summed E-state index contributed by atoms with van der Waals surface area (Å²) in [5, 5.41) is 0. The lowest BCUT2D eigenvalue weighted by atomic mass is 9.61. The summed E-state index contributed by atoms with van der Waals surface area (Å²) in [5.41, 5.74) is 0.572. The van der Waals surface area contributed by atoms with Crippen LogP contribution in [0.3, 0.4) is 0 Å². The first-order chi connectivity index (χ1) is 6.64. The Kier molecular flexibility index (Phi) is 2.68. The number of rotatable bonds is 1. The zero-order valence-electron chi connectivity index (χ0n) is 9.51. The quantitative estimate of drug-likeness (QED) is 0.623. The van der Waals surface area contributed by atoms with Crippen molar-refractivity contribution in [1.29, 1.82) is 0 Å². The summed E-state index contributed by atoms with van der Waals surface area (Å²) in [4.78, 5) is 11.5. The van der Waals surface area contributed by atoms with Crippen molar-refractivity contribution >= 4 is 5.78 Å². The van der Waals surface area contributed by atoms with E-state index >= 15 is 0 Å². The van der Waals surface area contributed by atoms with Gasteiger partial charge in [-0.1, -0.05) is 26.7 Å². The van der Waals surface area contributed by atoms with E-state index in [0.29, 0.717) is 23.0 Å².